The van der Waals surface area contributed by atoms with Crippen molar-refractivity contribution in [2.45, 2.75) is 19.4 Å². The molecular weight excluding hydrogens is 224 g/mol. The normalized spacial score (nSPS) is 11.9. The molecule has 0 bridgehead atoms. The number of aliphatic hydroxyl groups excluding tert-OH is 1. The maximum absolute atomic E-state index is 11.7. The molecule has 1 atom stereocenters. The summed E-state index contributed by atoms with van der Waals surface area (Å²) in [6, 6.07) is 5.70. The Hall–Kier alpha value is -1.95. The van der Waals surface area contributed by atoms with Gasteiger partial charge in [0.25, 0.3) is 11.6 Å². The van der Waals surface area contributed by atoms with Crippen LogP contribution in [0.1, 0.15) is 23.7 Å². The highest BCUT2D eigenvalue weighted by Crippen LogP contribution is 2.17. The highest BCUT2D eigenvalue weighted by atomic mass is 16.6. The molecular formula is C11H14N2O4. The second-order valence-corrected chi connectivity index (χ2v) is 3.55. The fraction of sp³-hybridized carbons (Fsp3) is 0.364. The zero-order valence-electron chi connectivity index (χ0n) is 9.42. The molecule has 1 aromatic carbocycles. The number of nitro groups is 1. The predicted molar refractivity (Wildman–Crippen MR) is 61.7 cm³/mol. The van der Waals surface area contributed by atoms with E-state index in [9.17, 15) is 20.0 Å². The van der Waals surface area contributed by atoms with Gasteiger partial charge in [-0.2, -0.15) is 0 Å². The van der Waals surface area contributed by atoms with E-state index in [1.54, 1.807) is 13.0 Å². The van der Waals surface area contributed by atoms with Crippen LogP contribution >= 0.6 is 0 Å². The predicted octanol–water partition coefficient (Wildman–Crippen LogP) is 1.10. The summed E-state index contributed by atoms with van der Waals surface area (Å²) in [5.41, 5.74) is -0.239. The van der Waals surface area contributed by atoms with E-state index in [4.69, 9.17) is 0 Å². The Kier molecular flexibility index (Phi) is 4.59. The molecule has 6 nitrogen and oxygen atoms in total. The number of carbonyl (C=O) groups is 1. The van der Waals surface area contributed by atoms with Crippen LogP contribution in [0, 0.1) is 10.1 Å². The molecule has 2 N–H and O–H groups in total. The Morgan fingerprint density at radius 2 is 2.18 bits per heavy atom. The number of nitrogens with one attached hydrogen (secondary N) is 1. The summed E-state index contributed by atoms with van der Waals surface area (Å²) in [5.74, 6) is -0.551. The molecule has 17 heavy (non-hydrogen) atoms. The van der Waals surface area contributed by atoms with Crippen LogP contribution in [0.15, 0.2) is 24.3 Å². The Morgan fingerprint density at radius 3 is 2.76 bits per heavy atom. The van der Waals surface area contributed by atoms with Crippen molar-refractivity contribution in [2.24, 2.45) is 0 Å². The van der Waals surface area contributed by atoms with Gasteiger partial charge in [0.15, 0.2) is 0 Å². The number of nitro benzene ring substituents is 1. The lowest BCUT2D eigenvalue weighted by atomic mass is 10.1. The van der Waals surface area contributed by atoms with Crippen LogP contribution in [-0.4, -0.2) is 28.6 Å². The van der Waals surface area contributed by atoms with Gasteiger partial charge in [0.05, 0.1) is 11.0 Å². The molecule has 0 heterocycles. The first-order valence-electron chi connectivity index (χ1n) is 5.26. The summed E-state index contributed by atoms with van der Waals surface area (Å²) in [6.07, 6.45) is -0.126. The smallest absolute Gasteiger partial charge is 0.282 e. The number of rotatable bonds is 5. The SMILES string of the molecule is CCC(O)CNC(=O)c1ccccc1[N+](=O)[O-]. The van der Waals surface area contributed by atoms with Gasteiger partial charge >= 0.3 is 0 Å². The van der Waals surface area contributed by atoms with E-state index in [0.717, 1.165) is 0 Å². The van der Waals surface area contributed by atoms with Crippen LogP contribution in [-0.2, 0) is 0 Å². The summed E-state index contributed by atoms with van der Waals surface area (Å²) < 4.78 is 0. The molecule has 0 aromatic heterocycles. The van der Waals surface area contributed by atoms with E-state index < -0.39 is 16.9 Å². The van der Waals surface area contributed by atoms with Gasteiger partial charge in [-0.3, -0.25) is 14.9 Å². The summed E-state index contributed by atoms with van der Waals surface area (Å²) in [5, 5.41) is 22.4. The van der Waals surface area contributed by atoms with Crippen LogP contribution in [0.4, 0.5) is 5.69 Å². The van der Waals surface area contributed by atoms with Gasteiger partial charge in [0, 0.05) is 12.6 Å². The van der Waals surface area contributed by atoms with Crippen LogP contribution in [0.2, 0.25) is 0 Å². The third-order valence-electron chi connectivity index (χ3n) is 2.31. The van der Waals surface area contributed by atoms with Gasteiger partial charge in [-0.05, 0) is 12.5 Å². The molecule has 6 heteroatoms. The standard InChI is InChI=1S/C11H14N2O4/c1-2-8(14)7-12-11(15)9-5-3-4-6-10(9)13(16)17/h3-6,8,14H,2,7H2,1H3,(H,12,15). The molecule has 0 fully saturated rings. The molecule has 0 spiro atoms. The number of para-hydroxylation sites is 1. The minimum absolute atomic E-state index is 0.000744. The quantitative estimate of drug-likeness (QED) is 0.593. The fourth-order valence-electron chi connectivity index (χ4n) is 1.27. The molecule has 1 aromatic rings. The van der Waals surface area contributed by atoms with Gasteiger partial charge < -0.3 is 10.4 Å². The topological polar surface area (TPSA) is 92.5 Å². The van der Waals surface area contributed by atoms with Gasteiger partial charge in [0.2, 0.25) is 0 Å². The van der Waals surface area contributed by atoms with Crippen molar-refractivity contribution in [2.75, 3.05) is 6.54 Å². The molecule has 1 unspecified atom stereocenters. The zero-order valence-corrected chi connectivity index (χ0v) is 9.42. The third kappa shape index (κ3) is 3.53. The lowest BCUT2D eigenvalue weighted by molar-refractivity contribution is -0.385. The van der Waals surface area contributed by atoms with Gasteiger partial charge in [0.1, 0.15) is 5.56 Å². The average Bonchev–Trinajstić information content (AvgIpc) is 2.35. The van der Waals surface area contributed by atoms with E-state index in [2.05, 4.69) is 5.32 Å². The van der Waals surface area contributed by atoms with Crippen LogP contribution < -0.4 is 5.32 Å². The molecule has 92 valence electrons. The number of benzene rings is 1. The first kappa shape index (κ1) is 13.1. The van der Waals surface area contributed by atoms with Gasteiger partial charge in [-0.1, -0.05) is 19.1 Å². The molecule has 0 saturated carbocycles. The van der Waals surface area contributed by atoms with Crippen molar-refractivity contribution < 1.29 is 14.8 Å². The van der Waals surface area contributed by atoms with Crippen LogP contribution in [0.25, 0.3) is 0 Å². The van der Waals surface area contributed by atoms with Gasteiger partial charge in [-0.25, -0.2) is 0 Å². The van der Waals surface area contributed by atoms with E-state index in [0.29, 0.717) is 6.42 Å². The van der Waals surface area contributed by atoms with Crippen molar-refractivity contribution in [1.29, 1.82) is 0 Å². The Balaban J connectivity index is 2.78. The summed E-state index contributed by atoms with van der Waals surface area (Å²) in [4.78, 5) is 21.8. The number of hydrogen-bond acceptors (Lipinski definition) is 4. The summed E-state index contributed by atoms with van der Waals surface area (Å²) in [6.45, 7) is 1.86. The molecule has 1 rings (SSSR count). The minimum atomic E-state index is -0.637. The average molecular weight is 238 g/mol. The number of carbonyl (C=O) groups excluding carboxylic acids is 1. The maximum Gasteiger partial charge on any atom is 0.282 e. The first-order valence-corrected chi connectivity index (χ1v) is 5.26. The Bertz CT molecular complexity index is 420. The second kappa shape index (κ2) is 5.95. The maximum atomic E-state index is 11.7. The molecule has 1 amide bonds. The number of aliphatic hydroxyl groups is 1. The van der Waals surface area contributed by atoms with E-state index in [-0.39, 0.29) is 17.8 Å². The van der Waals surface area contributed by atoms with Crippen molar-refractivity contribution in [3.63, 3.8) is 0 Å². The molecule has 0 aliphatic rings. The van der Waals surface area contributed by atoms with Crippen LogP contribution in [0.5, 0.6) is 0 Å². The second-order valence-electron chi connectivity index (χ2n) is 3.55. The lowest BCUT2D eigenvalue weighted by Gasteiger charge is -2.09. The Labute approximate surface area is 98.4 Å². The monoisotopic (exact) mass is 238 g/mol. The molecule has 0 saturated heterocycles. The highest BCUT2D eigenvalue weighted by Gasteiger charge is 2.19. The first-order chi connectivity index (χ1) is 8.06. The largest absolute Gasteiger partial charge is 0.391 e. The Morgan fingerprint density at radius 1 is 1.53 bits per heavy atom. The number of nitrogens with zero attached hydrogens (tertiary/aromatic N) is 1. The zero-order chi connectivity index (χ0) is 12.8. The molecule has 0 aliphatic heterocycles. The summed E-state index contributed by atoms with van der Waals surface area (Å²) >= 11 is 0. The van der Waals surface area contributed by atoms with Crippen molar-refractivity contribution in [1.82, 2.24) is 5.32 Å². The van der Waals surface area contributed by atoms with E-state index >= 15 is 0 Å². The molecule has 0 radical (unpaired) electrons. The number of hydrogen-bond donors (Lipinski definition) is 2. The third-order valence-corrected chi connectivity index (χ3v) is 2.31. The van der Waals surface area contributed by atoms with Crippen molar-refractivity contribution >= 4 is 11.6 Å². The molecule has 0 aliphatic carbocycles. The highest BCUT2D eigenvalue weighted by molar-refractivity contribution is 5.98. The minimum Gasteiger partial charge on any atom is -0.391 e. The van der Waals surface area contributed by atoms with Crippen LogP contribution in [0.3, 0.4) is 0 Å². The lowest BCUT2D eigenvalue weighted by Crippen LogP contribution is -2.32. The fourth-order valence-corrected chi connectivity index (χ4v) is 1.27. The van der Waals surface area contributed by atoms with Crippen molar-refractivity contribution in [3.8, 4) is 0 Å². The summed E-state index contributed by atoms with van der Waals surface area (Å²) in [7, 11) is 0. The van der Waals surface area contributed by atoms with E-state index in [1.807, 2.05) is 0 Å². The van der Waals surface area contributed by atoms with E-state index in [1.165, 1.54) is 18.2 Å². The van der Waals surface area contributed by atoms with Gasteiger partial charge in [-0.15, -0.1) is 0 Å². The number of amides is 1. The van der Waals surface area contributed by atoms with Crippen molar-refractivity contribution in [3.05, 3.63) is 39.9 Å².